The van der Waals surface area contributed by atoms with Gasteiger partial charge in [-0.15, -0.1) is 21.5 Å². The minimum atomic E-state index is -0.491. The van der Waals surface area contributed by atoms with Gasteiger partial charge in [-0.1, -0.05) is 29.5 Å². The average molecular weight is 493 g/mol. The molecule has 0 fully saturated rings. The highest BCUT2D eigenvalue weighted by Gasteiger charge is 2.23. The Bertz CT molecular complexity index is 1480. The van der Waals surface area contributed by atoms with Crippen LogP contribution in [0, 0.1) is 6.92 Å². The molecule has 4 aromatic heterocycles. The molecule has 0 spiro atoms. The van der Waals surface area contributed by atoms with Gasteiger partial charge in [0.25, 0.3) is 0 Å². The van der Waals surface area contributed by atoms with Crippen LogP contribution in [0.25, 0.3) is 26.6 Å². The summed E-state index contributed by atoms with van der Waals surface area (Å²) < 4.78 is 12.3. The molecule has 1 aromatic carbocycles. The number of benzene rings is 1. The molecule has 0 unspecified atom stereocenters. The highest BCUT2D eigenvalue weighted by atomic mass is 32.1. The van der Waals surface area contributed by atoms with Crippen LogP contribution in [0.1, 0.15) is 22.8 Å². The van der Waals surface area contributed by atoms with E-state index in [9.17, 15) is 4.79 Å². The van der Waals surface area contributed by atoms with Gasteiger partial charge in [0.2, 0.25) is 5.13 Å². The molecule has 0 bridgehead atoms. The second-order valence-electron chi connectivity index (χ2n) is 7.21. The summed E-state index contributed by atoms with van der Waals surface area (Å²) in [5.74, 6) is 1.08. The maximum atomic E-state index is 12.7. The number of nitrogens with one attached hydrogen (secondary N) is 1. The molecule has 4 heterocycles. The third kappa shape index (κ3) is 3.99. The number of carbonyl (C=O) groups is 1. The van der Waals surface area contributed by atoms with Gasteiger partial charge >= 0.3 is 5.97 Å². The van der Waals surface area contributed by atoms with Crippen molar-refractivity contribution in [1.82, 2.24) is 25.0 Å². The molecule has 0 aliphatic rings. The van der Waals surface area contributed by atoms with Gasteiger partial charge in [-0.05, 0) is 43.0 Å². The summed E-state index contributed by atoms with van der Waals surface area (Å²) in [6.45, 7) is 4.00. The number of nitrogens with zero attached hydrogens (tertiary/aromatic N) is 5. The molecule has 0 amide bonds. The second-order valence-corrected chi connectivity index (χ2v) is 9.13. The first-order valence-corrected chi connectivity index (χ1v) is 12.1. The zero-order valence-electron chi connectivity index (χ0n) is 18.6. The quantitative estimate of drug-likeness (QED) is 0.308. The van der Waals surface area contributed by atoms with E-state index < -0.39 is 5.97 Å². The molecule has 0 radical (unpaired) electrons. The molecule has 0 saturated carbocycles. The van der Waals surface area contributed by atoms with Gasteiger partial charge in [0, 0.05) is 5.39 Å². The Morgan fingerprint density at radius 2 is 2.09 bits per heavy atom. The van der Waals surface area contributed by atoms with Crippen molar-refractivity contribution in [2.24, 2.45) is 0 Å². The lowest BCUT2D eigenvalue weighted by Gasteiger charge is -2.12. The first kappa shape index (κ1) is 22.0. The first-order chi connectivity index (χ1) is 16.6. The maximum absolute atomic E-state index is 12.7. The molecule has 9 nitrogen and oxygen atoms in total. The Morgan fingerprint density at radius 3 is 2.85 bits per heavy atom. The number of pyridine rings is 1. The number of para-hydroxylation sites is 1. The predicted molar refractivity (Wildman–Crippen MR) is 133 cm³/mol. The number of thiophene rings is 1. The van der Waals surface area contributed by atoms with E-state index in [-0.39, 0.29) is 12.2 Å². The topological polar surface area (TPSA) is 104 Å². The number of rotatable bonds is 7. The fourth-order valence-electron chi connectivity index (χ4n) is 3.52. The fourth-order valence-corrected chi connectivity index (χ4v) is 5.06. The number of esters is 1. The number of carbonyl (C=O) groups excluding carboxylic acids is 1. The second kappa shape index (κ2) is 9.20. The molecule has 0 atom stereocenters. The Balaban J connectivity index is 1.62. The number of ether oxygens (including phenoxy) is 2. The molecule has 0 aliphatic heterocycles. The zero-order valence-corrected chi connectivity index (χ0v) is 20.2. The van der Waals surface area contributed by atoms with Crippen LogP contribution in [0.15, 0.2) is 48.0 Å². The van der Waals surface area contributed by atoms with Crippen molar-refractivity contribution in [2.45, 2.75) is 13.8 Å². The van der Waals surface area contributed by atoms with Crippen LogP contribution >= 0.6 is 22.7 Å². The monoisotopic (exact) mass is 492 g/mol. The fraction of sp³-hybridized carbons (Fsp3) is 0.174. The van der Waals surface area contributed by atoms with Crippen LogP contribution in [0.2, 0.25) is 0 Å². The molecular weight excluding hydrogens is 472 g/mol. The molecule has 172 valence electrons. The van der Waals surface area contributed by atoms with Gasteiger partial charge in [-0.3, -0.25) is 0 Å². The normalized spacial score (nSPS) is 11.0. The van der Waals surface area contributed by atoms with E-state index in [1.54, 1.807) is 30.1 Å². The van der Waals surface area contributed by atoms with Gasteiger partial charge in [-0.2, -0.15) is 9.78 Å². The number of hydrogen-bond donors (Lipinski definition) is 1. The third-order valence-corrected chi connectivity index (χ3v) is 6.96. The minimum Gasteiger partial charge on any atom is -0.494 e. The van der Waals surface area contributed by atoms with Gasteiger partial charge < -0.3 is 14.8 Å². The molecule has 5 aromatic rings. The lowest BCUT2D eigenvalue weighted by Crippen LogP contribution is -2.10. The third-order valence-electron chi connectivity index (χ3n) is 5.08. The van der Waals surface area contributed by atoms with Crippen molar-refractivity contribution in [3.63, 3.8) is 0 Å². The SMILES string of the molecule is CCOC(=O)c1cnn(-c2cc(C)c3cccc(OC)c3n2)c1Nc1nnc(-c2cccs2)s1. The van der Waals surface area contributed by atoms with E-state index in [0.717, 1.165) is 20.8 Å². The minimum absolute atomic E-state index is 0.245. The van der Waals surface area contributed by atoms with E-state index >= 15 is 0 Å². The summed E-state index contributed by atoms with van der Waals surface area (Å²) in [6, 6.07) is 11.6. The van der Waals surface area contributed by atoms with Gasteiger partial charge in [0.1, 0.15) is 16.8 Å². The smallest absolute Gasteiger partial charge is 0.343 e. The van der Waals surface area contributed by atoms with Crippen molar-refractivity contribution in [2.75, 3.05) is 19.0 Å². The first-order valence-electron chi connectivity index (χ1n) is 10.4. The van der Waals surface area contributed by atoms with E-state index in [4.69, 9.17) is 14.5 Å². The number of methoxy groups -OCH3 is 1. The lowest BCUT2D eigenvalue weighted by atomic mass is 10.1. The summed E-state index contributed by atoms with van der Waals surface area (Å²) in [5.41, 5.74) is 1.97. The zero-order chi connectivity index (χ0) is 23.7. The molecule has 0 aliphatic carbocycles. The maximum Gasteiger partial charge on any atom is 0.343 e. The Hall–Kier alpha value is -3.83. The van der Waals surface area contributed by atoms with Gasteiger partial charge in [0.15, 0.2) is 16.6 Å². The van der Waals surface area contributed by atoms with Crippen molar-refractivity contribution >= 4 is 50.5 Å². The number of aryl methyl sites for hydroxylation is 1. The molecular formula is C23H20N6O3S2. The number of fused-ring (bicyclic) bond motifs is 1. The number of aromatic nitrogens is 5. The van der Waals surface area contributed by atoms with Crippen LogP contribution in [0.4, 0.5) is 10.9 Å². The van der Waals surface area contributed by atoms with Crippen LogP contribution in [0.5, 0.6) is 5.75 Å². The van der Waals surface area contributed by atoms with Crippen molar-refractivity contribution in [3.05, 3.63) is 59.1 Å². The summed E-state index contributed by atoms with van der Waals surface area (Å²) >= 11 is 2.97. The van der Waals surface area contributed by atoms with Gasteiger partial charge in [0.05, 0.1) is 24.8 Å². The van der Waals surface area contributed by atoms with Crippen molar-refractivity contribution < 1.29 is 14.3 Å². The summed E-state index contributed by atoms with van der Waals surface area (Å²) in [7, 11) is 1.61. The van der Waals surface area contributed by atoms with Crippen LogP contribution < -0.4 is 10.1 Å². The molecule has 0 saturated heterocycles. The molecule has 11 heteroatoms. The number of hydrogen-bond acceptors (Lipinski definition) is 10. The summed E-state index contributed by atoms with van der Waals surface area (Å²) in [6.07, 6.45) is 1.46. The van der Waals surface area contributed by atoms with E-state index in [0.29, 0.717) is 28.0 Å². The van der Waals surface area contributed by atoms with E-state index in [1.165, 1.54) is 17.5 Å². The number of anilines is 2. The Kier molecular flexibility index (Phi) is 5.95. The Labute approximate surface area is 203 Å². The molecule has 34 heavy (non-hydrogen) atoms. The predicted octanol–water partition coefficient (Wildman–Crippen LogP) is 5.24. The molecule has 5 rings (SSSR count). The standard InChI is InChI=1S/C23H20N6O3S2/c1-4-32-22(30)15-12-24-29(18-11-13(2)14-7-5-8-16(31-3)19(14)25-18)20(15)26-23-28-27-21(34-23)17-9-6-10-33-17/h5-12H,4H2,1-3H3,(H,26,28). The van der Waals surface area contributed by atoms with E-state index in [2.05, 4.69) is 20.6 Å². The van der Waals surface area contributed by atoms with Crippen molar-refractivity contribution in [1.29, 1.82) is 0 Å². The van der Waals surface area contributed by atoms with Crippen LogP contribution in [-0.4, -0.2) is 44.6 Å². The average Bonchev–Trinajstić information content (AvgIpc) is 3.60. The highest BCUT2D eigenvalue weighted by Crippen LogP contribution is 2.33. The summed E-state index contributed by atoms with van der Waals surface area (Å²) in [5, 5.41) is 20.5. The summed E-state index contributed by atoms with van der Waals surface area (Å²) in [4.78, 5) is 18.5. The Morgan fingerprint density at radius 1 is 1.21 bits per heavy atom. The largest absolute Gasteiger partial charge is 0.494 e. The van der Waals surface area contributed by atoms with Crippen LogP contribution in [0.3, 0.4) is 0 Å². The van der Waals surface area contributed by atoms with E-state index in [1.807, 2.05) is 48.7 Å². The lowest BCUT2D eigenvalue weighted by molar-refractivity contribution is 0.0527. The molecule has 1 N–H and O–H groups in total. The van der Waals surface area contributed by atoms with Crippen LogP contribution in [-0.2, 0) is 4.74 Å². The van der Waals surface area contributed by atoms with Gasteiger partial charge in [-0.25, -0.2) is 9.78 Å². The van der Waals surface area contributed by atoms with Crippen molar-refractivity contribution in [3.8, 4) is 21.5 Å². The highest BCUT2D eigenvalue weighted by molar-refractivity contribution is 7.23.